The molecule has 34 heavy (non-hydrogen) atoms. The lowest BCUT2D eigenvalue weighted by atomic mass is 9.59. The summed E-state index contributed by atoms with van der Waals surface area (Å²) in [5, 5.41) is 14.9. The van der Waals surface area contributed by atoms with Gasteiger partial charge in [0.1, 0.15) is 11.3 Å². The maximum absolute atomic E-state index is 12.6. The number of hydrogen-bond acceptors (Lipinski definition) is 3. The fraction of sp³-hybridized carbons (Fsp3) is 0.321. The van der Waals surface area contributed by atoms with E-state index in [4.69, 9.17) is 27.9 Å². The molecule has 0 saturated heterocycles. The zero-order valence-corrected chi connectivity index (χ0v) is 20.5. The quantitative estimate of drug-likeness (QED) is 0.396. The number of carbonyl (C=O) groups is 1. The summed E-state index contributed by atoms with van der Waals surface area (Å²) in [5.74, 6) is 0.110. The molecule has 2 N–H and O–H groups in total. The maximum atomic E-state index is 12.6. The van der Waals surface area contributed by atoms with Gasteiger partial charge in [0, 0.05) is 21.1 Å². The van der Waals surface area contributed by atoms with Gasteiger partial charge in [-0.05, 0) is 91.1 Å². The summed E-state index contributed by atoms with van der Waals surface area (Å²) in [5.41, 5.74) is 3.21. The number of carboxylic acids is 1. The molecule has 3 aromatic carbocycles. The molecular weight excluding hydrogens is 469 g/mol. The Labute approximate surface area is 209 Å². The lowest BCUT2D eigenvalue weighted by molar-refractivity contribution is -0.144. The van der Waals surface area contributed by atoms with Crippen LogP contribution in [0.3, 0.4) is 0 Å². The van der Waals surface area contributed by atoms with Crippen molar-refractivity contribution in [3.63, 3.8) is 0 Å². The Morgan fingerprint density at radius 1 is 1.00 bits per heavy atom. The predicted molar refractivity (Wildman–Crippen MR) is 136 cm³/mol. The maximum Gasteiger partial charge on any atom is 0.329 e. The van der Waals surface area contributed by atoms with Gasteiger partial charge in [-0.3, -0.25) is 0 Å². The van der Waals surface area contributed by atoms with Gasteiger partial charge in [0.25, 0.3) is 0 Å². The van der Waals surface area contributed by atoms with Crippen molar-refractivity contribution in [3.8, 4) is 5.75 Å². The summed E-state index contributed by atoms with van der Waals surface area (Å²) in [6, 6.07) is 21.6. The Morgan fingerprint density at radius 2 is 1.76 bits per heavy atom. The molecule has 1 fully saturated rings. The summed E-state index contributed by atoms with van der Waals surface area (Å²) >= 11 is 12.9. The van der Waals surface area contributed by atoms with E-state index in [2.05, 4.69) is 29.6 Å². The van der Waals surface area contributed by atoms with Gasteiger partial charge in [-0.2, -0.15) is 0 Å². The van der Waals surface area contributed by atoms with Crippen molar-refractivity contribution in [1.82, 2.24) is 0 Å². The van der Waals surface area contributed by atoms with E-state index in [1.165, 1.54) is 11.1 Å². The summed E-state index contributed by atoms with van der Waals surface area (Å²) in [4.78, 5) is 12.6. The van der Waals surface area contributed by atoms with Crippen molar-refractivity contribution < 1.29 is 14.6 Å². The number of fused-ring (bicyclic) bond motifs is 2. The van der Waals surface area contributed by atoms with Gasteiger partial charge in [-0.1, -0.05) is 53.5 Å². The van der Waals surface area contributed by atoms with Crippen LogP contribution in [0.5, 0.6) is 5.75 Å². The summed E-state index contributed by atoms with van der Waals surface area (Å²) in [7, 11) is 1.66. The third-order valence-electron chi connectivity index (χ3n) is 7.84. The van der Waals surface area contributed by atoms with Crippen LogP contribution in [-0.4, -0.2) is 23.7 Å². The van der Waals surface area contributed by atoms with E-state index in [1.807, 2.05) is 30.3 Å². The van der Waals surface area contributed by atoms with Crippen LogP contribution in [0.25, 0.3) is 0 Å². The number of halogens is 2. The van der Waals surface area contributed by atoms with E-state index in [-0.39, 0.29) is 11.3 Å². The molecule has 2 aliphatic carbocycles. The molecule has 4 nitrogen and oxygen atoms in total. The average Bonchev–Trinajstić information content (AvgIpc) is 3.15. The minimum atomic E-state index is -1.05. The van der Waals surface area contributed by atoms with Gasteiger partial charge in [-0.25, -0.2) is 4.79 Å². The lowest BCUT2D eigenvalue weighted by Gasteiger charge is -2.47. The third-order valence-corrected chi connectivity index (χ3v) is 8.42. The van der Waals surface area contributed by atoms with Crippen LogP contribution < -0.4 is 10.1 Å². The molecule has 1 saturated carbocycles. The van der Waals surface area contributed by atoms with Gasteiger partial charge in [0.15, 0.2) is 0 Å². The van der Waals surface area contributed by atoms with Crippen molar-refractivity contribution in [2.45, 2.75) is 49.0 Å². The Balaban J connectivity index is 1.53. The predicted octanol–water partition coefficient (Wildman–Crippen LogP) is 7.09. The molecule has 0 bridgehead atoms. The zero-order valence-electron chi connectivity index (χ0n) is 19.0. The van der Waals surface area contributed by atoms with Crippen molar-refractivity contribution >= 4 is 34.9 Å². The van der Waals surface area contributed by atoms with Gasteiger partial charge < -0.3 is 15.2 Å². The van der Waals surface area contributed by atoms with E-state index in [0.29, 0.717) is 17.9 Å². The first-order valence-electron chi connectivity index (χ1n) is 11.6. The van der Waals surface area contributed by atoms with E-state index in [0.717, 1.165) is 41.3 Å². The number of benzene rings is 3. The van der Waals surface area contributed by atoms with Gasteiger partial charge in [-0.15, -0.1) is 0 Å². The van der Waals surface area contributed by atoms with Crippen LogP contribution in [0.15, 0.2) is 66.7 Å². The number of aliphatic carboxylic acids is 1. The molecule has 0 radical (unpaired) electrons. The lowest BCUT2D eigenvalue weighted by Crippen LogP contribution is -2.52. The number of carboxylic acid groups (broad SMARTS) is 1. The standard InChI is InChI=1S/C28H27Cl2NO3/c1-34-21-9-10-25(30)22(17-21)24-15-18-5-2-3-8-23(18)27(24)11-13-28(14-12-27,26(32)33)31-20-7-4-6-19(29)16-20/h2-10,16-17,24,31H,11-15H2,1H3,(H,32,33)/t24-,27?,28?/m0/s1. The van der Waals surface area contributed by atoms with Crippen LogP contribution in [0, 0.1) is 0 Å². The SMILES string of the molecule is COc1ccc(Cl)c([C@@H]2Cc3ccccc3C23CCC(Nc2cccc(Cl)c2)(C(=O)O)CC3)c1. The number of hydrogen-bond donors (Lipinski definition) is 2. The molecule has 5 rings (SSSR count). The third kappa shape index (κ3) is 3.83. The van der Waals surface area contributed by atoms with Crippen LogP contribution in [0.4, 0.5) is 5.69 Å². The highest BCUT2D eigenvalue weighted by molar-refractivity contribution is 6.31. The van der Waals surface area contributed by atoms with Crippen molar-refractivity contribution in [2.24, 2.45) is 0 Å². The van der Waals surface area contributed by atoms with E-state index >= 15 is 0 Å². The fourth-order valence-corrected chi connectivity index (χ4v) is 6.53. The number of nitrogens with one attached hydrogen (secondary N) is 1. The molecule has 0 amide bonds. The topological polar surface area (TPSA) is 58.6 Å². The molecule has 1 spiro atoms. The molecule has 0 unspecified atom stereocenters. The summed E-state index contributed by atoms with van der Waals surface area (Å²) in [6.07, 6.45) is 3.36. The monoisotopic (exact) mass is 495 g/mol. The Hall–Kier alpha value is -2.69. The molecule has 3 aromatic rings. The van der Waals surface area contributed by atoms with Crippen LogP contribution >= 0.6 is 23.2 Å². The number of anilines is 1. The minimum Gasteiger partial charge on any atom is -0.497 e. The average molecular weight is 496 g/mol. The first-order valence-corrected chi connectivity index (χ1v) is 12.3. The zero-order chi connectivity index (χ0) is 23.9. The van der Waals surface area contributed by atoms with Crippen molar-refractivity contribution in [2.75, 3.05) is 12.4 Å². The minimum absolute atomic E-state index is 0.158. The Kier molecular flexibility index (Phi) is 5.99. The van der Waals surface area contributed by atoms with E-state index < -0.39 is 11.5 Å². The highest BCUT2D eigenvalue weighted by atomic mass is 35.5. The summed E-state index contributed by atoms with van der Waals surface area (Å²) < 4.78 is 5.51. The number of ether oxygens (including phenoxy) is 1. The highest BCUT2D eigenvalue weighted by Crippen LogP contribution is 2.59. The first-order chi connectivity index (χ1) is 16.4. The highest BCUT2D eigenvalue weighted by Gasteiger charge is 2.54. The normalized spacial score (nSPS) is 25.7. The summed E-state index contributed by atoms with van der Waals surface area (Å²) in [6.45, 7) is 0. The van der Waals surface area contributed by atoms with Gasteiger partial charge in [0.2, 0.25) is 0 Å². The van der Waals surface area contributed by atoms with Crippen molar-refractivity contribution in [1.29, 1.82) is 0 Å². The molecular formula is C28H27Cl2NO3. The van der Waals surface area contributed by atoms with Crippen molar-refractivity contribution in [3.05, 3.63) is 93.5 Å². The second kappa shape index (κ2) is 8.83. The first kappa shape index (κ1) is 23.1. The molecule has 0 heterocycles. The second-order valence-electron chi connectivity index (χ2n) is 9.48. The number of methoxy groups -OCH3 is 1. The van der Waals surface area contributed by atoms with Crippen LogP contribution in [-0.2, 0) is 16.6 Å². The molecule has 0 aromatic heterocycles. The van der Waals surface area contributed by atoms with Gasteiger partial charge >= 0.3 is 5.97 Å². The Bertz CT molecular complexity index is 1230. The number of rotatable bonds is 5. The van der Waals surface area contributed by atoms with Crippen LogP contribution in [0.1, 0.15) is 48.3 Å². The van der Waals surface area contributed by atoms with E-state index in [9.17, 15) is 9.90 Å². The largest absolute Gasteiger partial charge is 0.497 e. The molecule has 1 atom stereocenters. The van der Waals surface area contributed by atoms with Crippen LogP contribution in [0.2, 0.25) is 10.0 Å². The van der Waals surface area contributed by atoms with Gasteiger partial charge in [0.05, 0.1) is 7.11 Å². The molecule has 2 aliphatic rings. The fourth-order valence-electron chi connectivity index (χ4n) is 6.09. The Morgan fingerprint density at radius 3 is 2.47 bits per heavy atom. The molecule has 6 heteroatoms. The smallest absolute Gasteiger partial charge is 0.329 e. The molecule has 0 aliphatic heterocycles. The van der Waals surface area contributed by atoms with E-state index in [1.54, 1.807) is 19.2 Å². The molecule has 176 valence electrons. The second-order valence-corrected chi connectivity index (χ2v) is 10.3.